The minimum atomic E-state index is -0.547. The maximum absolute atomic E-state index is 11.0. The summed E-state index contributed by atoms with van der Waals surface area (Å²) in [5.41, 5.74) is 0. The molecule has 0 saturated heterocycles. The SMILES string of the molecule is CCC(C)COC(=O)NCC(=O)NC. The van der Waals surface area contributed by atoms with E-state index in [9.17, 15) is 9.59 Å². The molecule has 0 aromatic heterocycles. The maximum atomic E-state index is 11.0. The summed E-state index contributed by atoms with van der Waals surface area (Å²) >= 11 is 0. The zero-order valence-corrected chi connectivity index (χ0v) is 8.92. The highest BCUT2D eigenvalue weighted by molar-refractivity contribution is 5.81. The van der Waals surface area contributed by atoms with Gasteiger partial charge >= 0.3 is 6.09 Å². The van der Waals surface area contributed by atoms with Crippen molar-refractivity contribution in [2.45, 2.75) is 20.3 Å². The van der Waals surface area contributed by atoms with Crippen LogP contribution < -0.4 is 10.6 Å². The fourth-order valence-corrected chi connectivity index (χ4v) is 0.628. The smallest absolute Gasteiger partial charge is 0.407 e. The van der Waals surface area contributed by atoms with E-state index in [2.05, 4.69) is 10.6 Å². The summed E-state index contributed by atoms with van der Waals surface area (Å²) in [6.07, 6.45) is 0.414. The molecule has 0 saturated carbocycles. The van der Waals surface area contributed by atoms with Crippen molar-refractivity contribution in [3.05, 3.63) is 0 Å². The molecule has 0 fully saturated rings. The molecule has 2 amide bonds. The van der Waals surface area contributed by atoms with Crippen LogP contribution in [0, 0.1) is 5.92 Å². The molecule has 0 aromatic rings. The predicted octanol–water partition coefficient (Wildman–Crippen LogP) is 0.505. The lowest BCUT2D eigenvalue weighted by molar-refractivity contribution is -0.119. The monoisotopic (exact) mass is 202 g/mol. The lowest BCUT2D eigenvalue weighted by Crippen LogP contribution is -2.35. The molecule has 0 spiro atoms. The molecule has 0 radical (unpaired) electrons. The summed E-state index contributed by atoms with van der Waals surface area (Å²) < 4.78 is 4.86. The van der Waals surface area contributed by atoms with Gasteiger partial charge in [0.15, 0.2) is 0 Å². The minimum Gasteiger partial charge on any atom is -0.449 e. The van der Waals surface area contributed by atoms with Crippen LogP contribution in [0.1, 0.15) is 20.3 Å². The summed E-state index contributed by atoms with van der Waals surface area (Å²) in [7, 11) is 1.51. The Bertz CT molecular complexity index is 194. The first-order valence-electron chi connectivity index (χ1n) is 4.71. The normalized spacial score (nSPS) is 11.6. The highest BCUT2D eigenvalue weighted by Gasteiger charge is 2.06. The van der Waals surface area contributed by atoms with Crippen molar-refractivity contribution in [1.29, 1.82) is 0 Å². The molecule has 1 unspecified atom stereocenters. The van der Waals surface area contributed by atoms with E-state index in [-0.39, 0.29) is 12.5 Å². The van der Waals surface area contributed by atoms with E-state index in [0.717, 1.165) is 6.42 Å². The predicted molar refractivity (Wildman–Crippen MR) is 52.9 cm³/mol. The first kappa shape index (κ1) is 12.7. The summed E-state index contributed by atoms with van der Waals surface area (Å²) in [6, 6.07) is 0. The molecule has 1 atom stereocenters. The third-order valence-electron chi connectivity index (χ3n) is 1.87. The maximum Gasteiger partial charge on any atom is 0.407 e. The van der Waals surface area contributed by atoms with Crippen LogP contribution >= 0.6 is 0 Å². The Hall–Kier alpha value is -1.26. The second kappa shape index (κ2) is 7.17. The van der Waals surface area contributed by atoms with Crippen LogP contribution in [0.4, 0.5) is 4.79 Å². The molecule has 0 aliphatic rings. The standard InChI is InChI=1S/C9H18N2O3/c1-4-7(2)6-14-9(13)11-5-8(12)10-3/h7H,4-6H2,1-3H3,(H,10,12)(H,11,13). The van der Waals surface area contributed by atoms with Crippen molar-refractivity contribution in [2.24, 2.45) is 5.92 Å². The Morgan fingerprint density at radius 1 is 1.43 bits per heavy atom. The van der Waals surface area contributed by atoms with Gasteiger partial charge < -0.3 is 15.4 Å². The van der Waals surface area contributed by atoms with E-state index in [4.69, 9.17) is 4.74 Å². The van der Waals surface area contributed by atoms with Gasteiger partial charge in [0.25, 0.3) is 0 Å². The van der Waals surface area contributed by atoms with Crippen LogP contribution in [-0.4, -0.2) is 32.2 Å². The Balaban J connectivity index is 3.51. The molecule has 14 heavy (non-hydrogen) atoms. The summed E-state index contributed by atoms with van der Waals surface area (Å²) in [5, 5.41) is 4.73. The van der Waals surface area contributed by atoms with E-state index in [1.54, 1.807) is 0 Å². The van der Waals surface area contributed by atoms with Gasteiger partial charge in [-0.05, 0) is 5.92 Å². The molecule has 5 heteroatoms. The number of carbonyl (C=O) groups excluding carboxylic acids is 2. The lowest BCUT2D eigenvalue weighted by atomic mass is 10.1. The molecule has 0 rings (SSSR count). The molecule has 0 aliphatic carbocycles. The first-order chi connectivity index (χ1) is 6.60. The molecule has 5 nitrogen and oxygen atoms in total. The summed E-state index contributed by atoms with van der Waals surface area (Å²) in [6.45, 7) is 4.36. The molecule has 0 aromatic carbocycles. The third kappa shape index (κ3) is 6.28. The quantitative estimate of drug-likeness (QED) is 0.682. The second-order valence-corrected chi connectivity index (χ2v) is 3.14. The number of rotatable bonds is 5. The van der Waals surface area contributed by atoms with Crippen LogP contribution in [0.5, 0.6) is 0 Å². The molecule has 82 valence electrons. The van der Waals surface area contributed by atoms with Crippen molar-refractivity contribution in [3.8, 4) is 0 Å². The number of hydrogen-bond acceptors (Lipinski definition) is 3. The van der Waals surface area contributed by atoms with Crippen molar-refractivity contribution < 1.29 is 14.3 Å². The lowest BCUT2D eigenvalue weighted by Gasteiger charge is -2.09. The number of ether oxygens (including phenoxy) is 1. The molecular weight excluding hydrogens is 184 g/mol. The topological polar surface area (TPSA) is 67.4 Å². The number of carbonyl (C=O) groups is 2. The van der Waals surface area contributed by atoms with Crippen molar-refractivity contribution in [3.63, 3.8) is 0 Å². The van der Waals surface area contributed by atoms with Gasteiger partial charge in [0.1, 0.15) is 0 Å². The zero-order valence-electron chi connectivity index (χ0n) is 8.92. The van der Waals surface area contributed by atoms with Gasteiger partial charge in [-0.3, -0.25) is 4.79 Å². The fourth-order valence-electron chi connectivity index (χ4n) is 0.628. The number of hydrogen-bond donors (Lipinski definition) is 2. The van der Waals surface area contributed by atoms with E-state index >= 15 is 0 Å². The Kier molecular flexibility index (Phi) is 6.53. The van der Waals surface area contributed by atoms with Crippen LogP contribution in [0.15, 0.2) is 0 Å². The number of amides is 2. The van der Waals surface area contributed by atoms with E-state index < -0.39 is 6.09 Å². The third-order valence-corrected chi connectivity index (χ3v) is 1.87. The largest absolute Gasteiger partial charge is 0.449 e. The van der Waals surface area contributed by atoms with Gasteiger partial charge in [-0.2, -0.15) is 0 Å². The van der Waals surface area contributed by atoms with Crippen molar-refractivity contribution >= 4 is 12.0 Å². The molecule has 0 heterocycles. The average molecular weight is 202 g/mol. The minimum absolute atomic E-state index is 0.0458. The van der Waals surface area contributed by atoms with Crippen LogP contribution in [-0.2, 0) is 9.53 Å². The van der Waals surface area contributed by atoms with Crippen LogP contribution in [0.2, 0.25) is 0 Å². The first-order valence-corrected chi connectivity index (χ1v) is 4.71. The van der Waals surface area contributed by atoms with Crippen LogP contribution in [0.25, 0.3) is 0 Å². The molecule has 0 bridgehead atoms. The second-order valence-electron chi connectivity index (χ2n) is 3.14. The van der Waals surface area contributed by atoms with Crippen molar-refractivity contribution in [1.82, 2.24) is 10.6 Å². The number of likely N-dealkylation sites (N-methyl/N-ethyl adjacent to an activating group) is 1. The average Bonchev–Trinajstić information content (AvgIpc) is 2.22. The zero-order chi connectivity index (χ0) is 11.0. The van der Waals surface area contributed by atoms with Gasteiger partial charge in [-0.25, -0.2) is 4.79 Å². The molecule has 0 aliphatic heterocycles. The Labute approximate surface area is 84.2 Å². The summed E-state index contributed by atoms with van der Waals surface area (Å²) in [5.74, 6) is 0.103. The Morgan fingerprint density at radius 2 is 2.07 bits per heavy atom. The van der Waals surface area contributed by atoms with Gasteiger partial charge in [0, 0.05) is 7.05 Å². The number of nitrogens with one attached hydrogen (secondary N) is 2. The van der Waals surface area contributed by atoms with Gasteiger partial charge in [0.2, 0.25) is 5.91 Å². The number of alkyl carbamates (subject to hydrolysis) is 1. The van der Waals surface area contributed by atoms with Gasteiger partial charge in [-0.1, -0.05) is 20.3 Å². The fraction of sp³-hybridized carbons (Fsp3) is 0.778. The Morgan fingerprint density at radius 3 is 2.57 bits per heavy atom. The van der Waals surface area contributed by atoms with Gasteiger partial charge in [-0.15, -0.1) is 0 Å². The summed E-state index contributed by atoms with van der Waals surface area (Å²) in [4.78, 5) is 21.7. The van der Waals surface area contributed by atoms with E-state index in [1.807, 2.05) is 13.8 Å². The highest BCUT2D eigenvalue weighted by atomic mass is 16.5. The van der Waals surface area contributed by atoms with Gasteiger partial charge in [0.05, 0.1) is 13.2 Å². The molecule has 2 N–H and O–H groups in total. The van der Waals surface area contributed by atoms with E-state index in [1.165, 1.54) is 7.05 Å². The highest BCUT2D eigenvalue weighted by Crippen LogP contribution is 2.00. The van der Waals surface area contributed by atoms with Crippen molar-refractivity contribution in [2.75, 3.05) is 20.2 Å². The molecular formula is C9H18N2O3. The van der Waals surface area contributed by atoms with E-state index in [0.29, 0.717) is 12.5 Å². The van der Waals surface area contributed by atoms with Crippen LogP contribution in [0.3, 0.4) is 0 Å².